The van der Waals surface area contributed by atoms with E-state index in [-0.39, 0.29) is 11.8 Å². The number of carbonyl (C=O) groups is 1. The summed E-state index contributed by atoms with van der Waals surface area (Å²) in [7, 11) is 0. The third kappa shape index (κ3) is 2.47. The van der Waals surface area contributed by atoms with Crippen molar-refractivity contribution < 1.29 is 4.79 Å². The molecule has 0 radical (unpaired) electrons. The second-order valence-electron chi connectivity index (χ2n) is 3.21. The zero-order valence-corrected chi connectivity index (χ0v) is 7.66. The van der Waals surface area contributed by atoms with Crippen molar-refractivity contribution in [1.82, 2.24) is 0 Å². The summed E-state index contributed by atoms with van der Waals surface area (Å²) in [5.74, 6) is -0.451. The van der Waals surface area contributed by atoms with Gasteiger partial charge in [-0.15, -0.1) is 0 Å². The van der Waals surface area contributed by atoms with Crippen LogP contribution in [0.3, 0.4) is 0 Å². The van der Waals surface area contributed by atoms with Gasteiger partial charge in [0.25, 0.3) is 0 Å². The van der Waals surface area contributed by atoms with E-state index >= 15 is 0 Å². The zero-order valence-electron chi connectivity index (χ0n) is 7.66. The quantitative estimate of drug-likeness (QED) is 0.676. The van der Waals surface area contributed by atoms with Crippen molar-refractivity contribution in [3.05, 3.63) is 29.8 Å². The van der Waals surface area contributed by atoms with Crippen LogP contribution >= 0.6 is 0 Å². The summed E-state index contributed by atoms with van der Waals surface area (Å²) in [5, 5.41) is 0. The Bertz CT molecular complexity index is 310. The van der Waals surface area contributed by atoms with Gasteiger partial charge in [0, 0.05) is 11.6 Å². The molecule has 1 rings (SSSR count). The van der Waals surface area contributed by atoms with E-state index in [4.69, 9.17) is 11.5 Å². The molecule has 0 aromatic heterocycles. The number of benzene rings is 1. The highest BCUT2D eigenvalue weighted by Gasteiger charge is 2.10. The van der Waals surface area contributed by atoms with E-state index in [1.807, 2.05) is 24.3 Å². The lowest BCUT2D eigenvalue weighted by atomic mass is 9.99. The van der Waals surface area contributed by atoms with E-state index in [1.165, 1.54) is 0 Å². The minimum atomic E-state index is -0.289. The minimum absolute atomic E-state index is 0.162. The van der Waals surface area contributed by atoms with Crippen molar-refractivity contribution in [1.29, 1.82) is 0 Å². The smallest absolute Gasteiger partial charge is 0.220 e. The van der Waals surface area contributed by atoms with Gasteiger partial charge in [-0.05, 0) is 18.1 Å². The highest BCUT2D eigenvalue weighted by atomic mass is 16.1. The molecule has 70 valence electrons. The number of primary amides is 1. The second kappa shape index (κ2) is 3.94. The lowest BCUT2D eigenvalue weighted by Crippen LogP contribution is -2.22. The van der Waals surface area contributed by atoms with E-state index < -0.39 is 0 Å². The molecule has 0 unspecified atom stereocenters. The molecular weight excluding hydrogens is 164 g/mol. The maximum absolute atomic E-state index is 10.8. The summed E-state index contributed by atoms with van der Waals surface area (Å²) in [5.41, 5.74) is 12.6. The summed E-state index contributed by atoms with van der Waals surface area (Å²) < 4.78 is 0. The van der Waals surface area contributed by atoms with Crippen molar-refractivity contribution in [2.45, 2.75) is 13.3 Å². The summed E-state index contributed by atoms with van der Waals surface area (Å²) in [6, 6.07) is 7.50. The first-order valence-electron chi connectivity index (χ1n) is 4.24. The number of rotatable bonds is 3. The first-order chi connectivity index (χ1) is 6.11. The number of para-hydroxylation sites is 1. The van der Waals surface area contributed by atoms with Crippen LogP contribution in [0.25, 0.3) is 0 Å². The molecule has 13 heavy (non-hydrogen) atoms. The highest BCUT2D eigenvalue weighted by Crippen LogP contribution is 2.15. The Labute approximate surface area is 77.7 Å². The minimum Gasteiger partial charge on any atom is -0.399 e. The van der Waals surface area contributed by atoms with Crippen molar-refractivity contribution >= 4 is 11.6 Å². The fourth-order valence-corrected chi connectivity index (χ4v) is 1.15. The van der Waals surface area contributed by atoms with Crippen LogP contribution in [0.1, 0.15) is 12.5 Å². The first kappa shape index (κ1) is 9.58. The fourth-order valence-electron chi connectivity index (χ4n) is 1.15. The summed E-state index contributed by atoms with van der Waals surface area (Å²) in [4.78, 5) is 10.8. The molecule has 1 atom stereocenters. The van der Waals surface area contributed by atoms with Crippen molar-refractivity contribution in [3.63, 3.8) is 0 Å². The van der Waals surface area contributed by atoms with E-state index in [1.54, 1.807) is 6.92 Å². The van der Waals surface area contributed by atoms with Crippen LogP contribution in [0.15, 0.2) is 24.3 Å². The van der Waals surface area contributed by atoms with Gasteiger partial charge >= 0.3 is 0 Å². The van der Waals surface area contributed by atoms with Gasteiger partial charge in [-0.2, -0.15) is 0 Å². The maximum Gasteiger partial charge on any atom is 0.220 e. The first-order valence-corrected chi connectivity index (χ1v) is 4.24. The number of anilines is 1. The molecule has 0 fully saturated rings. The Balaban J connectivity index is 2.74. The zero-order chi connectivity index (χ0) is 9.84. The summed E-state index contributed by atoms with van der Waals surface area (Å²) in [6.45, 7) is 1.80. The van der Waals surface area contributed by atoms with Gasteiger partial charge in [-0.1, -0.05) is 25.1 Å². The van der Waals surface area contributed by atoms with Crippen molar-refractivity contribution in [3.8, 4) is 0 Å². The number of amides is 1. The van der Waals surface area contributed by atoms with Gasteiger partial charge in [-0.3, -0.25) is 4.79 Å². The third-order valence-electron chi connectivity index (χ3n) is 2.07. The van der Waals surface area contributed by atoms with Gasteiger partial charge < -0.3 is 11.5 Å². The van der Waals surface area contributed by atoms with Gasteiger partial charge in [0.05, 0.1) is 0 Å². The summed E-state index contributed by atoms with van der Waals surface area (Å²) in [6.07, 6.45) is 0.613. The third-order valence-corrected chi connectivity index (χ3v) is 2.07. The predicted molar refractivity (Wildman–Crippen MR) is 52.9 cm³/mol. The SMILES string of the molecule is C[C@@H](Cc1ccccc1N)C(N)=O. The highest BCUT2D eigenvalue weighted by molar-refractivity contribution is 5.76. The van der Waals surface area contributed by atoms with E-state index in [0.717, 1.165) is 11.3 Å². The molecule has 0 aliphatic rings. The molecule has 0 saturated carbocycles. The number of nitrogen functional groups attached to an aromatic ring is 1. The Kier molecular flexibility index (Phi) is 2.90. The molecule has 0 aliphatic carbocycles. The molecule has 1 aromatic carbocycles. The molecule has 3 nitrogen and oxygen atoms in total. The van der Waals surface area contributed by atoms with Crippen LogP contribution in [-0.2, 0) is 11.2 Å². The fraction of sp³-hybridized carbons (Fsp3) is 0.300. The van der Waals surface area contributed by atoms with Crippen LogP contribution in [0.5, 0.6) is 0 Å². The lowest BCUT2D eigenvalue weighted by molar-refractivity contribution is -0.121. The van der Waals surface area contributed by atoms with Gasteiger partial charge in [0.1, 0.15) is 0 Å². The maximum atomic E-state index is 10.8. The summed E-state index contributed by atoms with van der Waals surface area (Å²) >= 11 is 0. The number of hydrogen-bond donors (Lipinski definition) is 2. The van der Waals surface area contributed by atoms with Crippen LogP contribution in [0.2, 0.25) is 0 Å². The average molecular weight is 178 g/mol. The Morgan fingerprint density at radius 1 is 1.46 bits per heavy atom. The normalized spacial score (nSPS) is 12.4. The van der Waals surface area contributed by atoms with E-state index in [0.29, 0.717) is 6.42 Å². The number of carbonyl (C=O) groups excluding carboxylic acids is 1. The monoisotopic (exact) mass is 178 g/mol. The van der Waals surface area contributed by atoms with E-state index in [2.05, 4.69) is 0 Å². The van der Waals surface area contributed by atoms with Gasteiger partial charge in [0.2, 0.25) is 5.91 Å². The molecule has 0 saturated heterocycles. The second-order valence-corrected chi connectivity index (χ2v) is 3.21. The molecule has 0 aliphatic heterocycles. The Hall–Kier alpha value is -1.51. The number of hydrogen-bond acceptors (Lipinski definition) is 2. The average Bonchev–Trinajstić information content (AvgIpc) is 2.08. The lowest BCUT2D eigenvalue weighted by Gasteiger charge is -2.08. The topological polar surface area (TPSA) is 69.1 Å². The molecule has 1 amide bonds. The van der Waals surface area contributed by atoms with Crippen LogP contribution in [0, 0.1) is 5.92 Å². The molecule has 0 heterocycles. The van der Waals surface area contributed by atoms with Gasteiger partial charge in [0.15, 0.2) is 0 Å². The molecule has 1 aromatic rings. The Morgan fingerprint density at radius 2 is 2.08 bits per heavy atom. The largest absolute Gasteiger partial charge is 0.399 e. The molecule has 3 heteroatoms. The van der Waals surface area contributed by atoms with Crippen LogP contribution < -0.4 is 11.5 Å². The molecule has 4 N–H and O–H groups in total. The Morgan fingerprint density at radius 3 is 2.62 bits per heavy atom. The van der Waals surface area contributed by atoms with Crippen molar-refractivity contribution in [2.24, 2.45) is 11.7 Å². The molecule has 0 bridgehead atoms. The van der Waals surface area contributed by atoms with E-state index in [9.17, 15) is 4.79 Å². The standard InChI is InChI=1S/C10H14N2O/c1-7(10(12)13)6-8-4-2-3-5-9(8)11/h2-5,7H,6,11H2,1H3,(H2,12,13)/t7-/m0/s1. The van der Waals surface area contributed by atoms with Crippen LogP contribution in [0.4, 0.5) is 5.69 Å². The predicted octanol–water partition coefficient (Wildman–Crippen LogP) is 0.933. The number of nitrogens with two attached hydrogens (primary N) is 2. The molecular formula is C10H14N2O. The van der Waals surface area contributed by atoms with Gasteiger partial charge in [-0.25, -0.2) is 0 Å². The van der Waals surface area contributed by atoms with Crippen molar-refractivity contribution in [2.75, 3.05) is 5.73 Å². The molecule has 0 spiro atoms. The van der Waals surface area contributed by atoms with Crippen LogP contribution in [-0.4, -0.2) is 5.91 Å².